The lowest BCUT2D eigenvalue weighted by Gasteiger charge is -2.11. The van der Waals surface area contributed by atoms with E-state index in [1.807, 2.05) is 6.92 Å². The molecule has 5 heteroatoms. The highest BCUT2D eigenvalue weighted by molar-refractivity contribution is 6.00. The minimum atomic E-state index is -0.437. The van der Waals surface area contributed by atoms with E-state index in [0.717, 1.165) is 25.7 Å². The van der Waals surface area contributed by atoms with Gasteiger partial charge >= 0.3 is 11.9 Å². The van der Waals surface area contributed by atoms with Crippen LogP contribution in [0.5, 0.6) is 0 Å². The summed E-state index contributed by atoms with van der Waals surface area (Å²) in [5.41, 5.74) is 0.892. The van der Waals surface area contributed by atoms with Crippen LogP contribution in [0.1, 0.15) is 52.4 Å². The molecule has 112 valence electrons. The maximum absolute atomic E-state index is 11.7. The van der Waals surface area contributed by atoms with Gasteiger partial charge in [0.2, 0.25) is 0 Å². The summed E-state index contributed by atoms with van der Waals surface area (Å²) in [4.78, 5) is 23.3. The predicted octanol–water partition coefficient (Wildman–Crippen LogP) is 3.43. The van der Waals surface area contributed by atoms with E-state index >= 15 is 0 Å². The minimum Gasteiger partial charge on any atom is -0.466 e. The molecule has 0 aromatic carbocycles. The van der Waals surface area contributed by atoms with Crippen LogP contribution in [0.4, 0.5) is 0 Å². The Labute approximate surface area is 121 Å². The third-order valence-electron chi connectivity index (χ3n) is 2.86. The fourth-order valence-corrected chi connectivity index (χ4v) is 1.83. The van der Waals surface area contributed by atoms with Gasteiger partial charge in [-0.1, -0.05) is 33.1 Å². The van der Waals surface area contributed by atoms with Crippen molar-refractivity contribution in [3.8, 4) is 0 Å². The molecule has 0 saturated heterocycles. The molecule has 0 spiro atoms. The molecule has 19 heavy (non-hydrogen) atoms. The van der Waals surface area contributed by atoms with E-state index in [4.69, 9.17) is 9.47 Å². The highest BCUT2D eigenvalue weighted by Crippen LogP contribution is 2.19. The Bertz CT molecular complexity index is 311. The van der Waals surface area contributed by atoms with Gasteiger partial charge in [-0.25, -0.2) is 9.59 Å². The van der Waals surface area contributed by atoms with Crippen LogP contribution in [-0.2, 0) is 19.1 Å². The number of hydrogen-bond donors (Lipinski definition) is 0. The van der Waals surface area contributed by atoms with Crippen molar-refractivity contribution in [2.24, 2.45) is 0 Å². The van der Waals surface area contributed by atoms with Crippen molar-refractivity contribution in [1.82, 2.24) is 0 Å². The molecule has 0 aliphatic rings. The number of unbranched alkanes of at least 4 members (excludes halogenated alkanes) is 3. The largest absolute Gasteiger partial charge is 0.466 e. The van der Waals surface area contributed by atoms with E-state index in [2.05, 4.69) is 6.92 Å². The summed E-state index contributed by atoms with van der Waals surface area (Å²) >= 11 is 0. The van der Waals surface area contributed by atoms with Crippen LogP contribution in [0.25, 0.3) is 0 Å². The maximum Gasteiger partial charge on any atom is 0.334 e. The molecule has 0 atom stereocenters. The molecule has 0 unspecified atom stereocenters. The second kappa shape index (κ2) is 12.0. The van der Waals surface area contributed by atoms with Crippen LogP contribution in [0.2, 0.25) is 0 Å². The van der Waals surface area contributed by atoms with Gasteiger partial charge in [0.25, 0.3) is 0 Å². The van der Waals surface area contributed by atoms with Gasteiger partial charge in [0, 0.05) is 11.1 Å². The average Bonchev–Trinajstić information content (AvgIpc) is 2.40. The van der Waals surface area contributed by atoms with Gasteiger partial charge < -0.3 is 9.47 Å². The van der Waals surface area contributed by atoms with E-state index in [0.29, 0.717) is 24.0 Å². The van der Waals surface area contributed by atoms with E-state index in [9.17, 15) is 9.59 Å². The quantitative estimate of drug-likeness (QED) is 0.391. The van der Waals surface area contributed by atoms with Crippen LogP contribution in [0.3, 0.4) is 0 Å². The molecule has 0 bridgehead atoms. The first kappa shape index (κ1) is 20.3. The summed E-state index contributed by atoms with van der Waals surface area (Å²) in [7, 11) is 2.66. The number of esters is 2. The number of carbonyl (C=O) groups excluding carboxylic acids is 2. The molecule has 0 aliphatic carbocycles. The van der Waals surface area contributed by atoms with Crippen molar-refractivity contribution in [2.45, 2.75) is 52.4 Å². The lowest BCUT2D eigenvalue weighted by Crippen LogP contribution is -2.14. The topological polar surface area (TPSA) is 52.6 Å². The molecular formula is C14H25ClO4. The van der Waals surface area contributed by atoms with Crippen LogP contribution >= 0.6 is 12.4 Å². The van der Waals surface area contributed by atoms with E-state index in [1.54, 1.807) is 0 Å². The molecule has 0 heterocycles. The third kappa shape index (κ3) is 7.21. The second-order valence-corrected chi connectivity index (χ2v) is 4.10. The van der Waals surface area contributed by atoms with Crippen LogP contribution in [-0.4, -0.2) is 26.2 Å². The van der Waals surface area contributed by atoms with Crippen molar-refractivity contribution >= 4 is 24.3 Å². The summed E-state index contributed by atoms with van der Waals surface area (Å²) in [6.45, 7) is 3.96. The van der Waals surface area contributed by atoms with E-state index in [1.165, 1.54) is 14.2 Å². The van der Waals surface area contributed by atoms with E-state index < -0.39 is 11.9 Å². The van der Waals surface area contributed by atoms with Crippen molar-refractivity contribution in [1.29, 1.82) is 0 Å². The van der Waals surface area contributed by atoms with Gasteiger partial charge in [0.1, 0.15) is 0 Å². The fourth-order valence-electron chi connectivity index (χ4n) is 1.83. The zero-order chi connectivity index (χ0) is 14.0. The number of hydrogen-bond acceptors (Lipinski definition) is 4. The summed E-state index contributed by atoms with van der Waals surface area (Å²) < 4.78 is 9.44. The molecule has 0 fully saturated rings. The first-order valence-corrected chi connectivity index (χ1v) is 6.50. The Hall–Kier alpha value is -1.03. The number of methoxy groups -OCH3 is 2. The molecule has 0 radical (unpaired) electrons. The summed E-state index contributed by atoms with van der Waals surface area (Å²) in [6, 6.07) is 0. The first-order valence-electron chi connectivity index (χ1n) is 6.50. The van der Waals surface area contributed by atoms with Crippen LogP contribution in [0, 0.1) is 0 Å². The lowest BCUT2D eigenvalue weighted by atomic mass is 9.99. The van der Waals surface area contributed by atoms with Gasteiger partial charge in [-0.2, -0.15) is 0 Å². The molecule has 0 aliphatic heterocycles. The van der Waals surface area contributed by atoms with Crippen LogP contribution in [0.15, 0.2) is 11.1 Å². The highest BCUT2D eigenvalue weighted by atomic mass is 35.5. The summed E-state index contributed by atoms with van der Waals surface area (Å²) in [6.07, 6.45) is 5.26. The Balaban J connectivity index is 0. The molecule has 0 saturated carbocycles. The van der Waals surface area contributed by atoms with E-state index in [-0.39, 0.29) is 12.4 Å². The summed E-state index contributed by atoms with van der Waals surface area (Å²) in [5, 5.41) is 0. The average molecular weight is 293 g/mol. The van der Waals surface area contributed by atoms with Crippen LogP contribution < -0.4 is 0 Å². The Morgan fingerprint density at radius 2 is 1.37 bits per heavy atom. The molecule has 4 nitrogen and oxygen atoms in total. The van der Waals surface area contributed by atoms with Gasteiger partial charge in [-0.05, 0) is 19.3 Å². The number of carbonyl (C=O) groups is 2. The SMILES string of the molecule is CCCCCCC(C(=O)OC)=C(CC)C(=O)OC.Cl. The molecule has 0 aromatic heterocycles. The summed E-state index contributed by atoms with van der Waals surface area (Å²) in [5.74, 6) is -0.859. The van der Waals surface area contributed by atoms with Crippen molar-refractivity contribution in [3.05, 3.63) is 11.1 Å². The number of ether oxygens (including phenoxy) is 2. The first-order chi connectivity index (χ1) is 8.62. The molecule has 0 amide bonds. The molecule has 0 rings (SSSR count). The second-order valence-electron chi connectivity index (χ2n) is 4.10. The van der Waals surface area contributed by atoms with Crippen molar-refractivity contribution in [2.75, 3.05) is 14.2 Å². The monoisotopic (exact) mass is 292 g/mol. The molecule has 0 aromatic rings. The third-order valence-corrected chi connectivity index (χ3v) is 2.86. The minimum absolute atomic E-state index is 0. The van der Waals surface area contributed by atoms with Crippen molar-refractivity contribution in [3.63, 3.8) is 0 Å². The van der Waals surface area contributed by atoms with Gasteiger partial charge in [0.15, 0.2) is 0 Å². The Morgan fingerprint density at radius 1 is 0.842 bits per heavy atom. The lowest BCUT2D eigenvalue weighted by molar-refractivity contribution is -0.139. The van der Waals surface area contributed by atoms with Gasteiger partial charge in [-0.15, -0.1) is 12.4 Å². The highest BCUT2D eigenvalue weighted by Gasteiger charge is 2.20. The number of halogens is 1. The fraction of sp³-hybridized carbons (Fsp3) is 0.714. The standard InChI is InChI=1S/C14H24O4.ClH/c1-5-7-8-9-10-12(14(16)18-4)11(6-2)13(15)17-3;/h5-10H2,1-4H3;1H. The van der Waals surface area contributed by atoms with Crippen molar-refractivity contribution < 1.29 is 19.1 Å². The molecular weight excluding hydrogens is 268 g/mol. The normalized spacial score (nSPS) is 11.2. The zero-order valence-electron chi connectivity index (χ0n) is 12.3. The Kier molecular flexibility index (Phi) is 12.8. The maximum atomic E-state index is 11.7. The smallest absolute Gasteiger partial charge is 0.334 e. The van der Waals surface area contributed by atoms with Gasteiger partial charge in [-0.3, -0.25) is 0 Å². The predicted molar refractivity (Wildman–Crippen MR) is 77.4 cm³/mol. The number of rotatable bonds is 8. The molecule has 0 N–H and O–H groups in total. The Morgan fingerprint density at radius 3 is 1.79 bits per heavy atom. The zero-order valence-corrected chi connectivity index (χ0v) is 13.1. The van der Waals surface area contributed by atoms with Gasteiger partial charge in [0.05, 0.1) is 14.2 Å².